The second kappa shape index (κ2) is 19.4. The van der Waals surface area contributed by atoms with Gasteiger partial charge >= 0.3 is 0 Å². The summed E-state index contributed by atoms with van der Waals surface area (Å²) in [5.74, 6) is 0. The number of unbranched alkanes of at least 4 members (excludes halogenated alkanes) is 14. The highest BCUT2D eigenvalue weighted by atomic mass is 32.1. The fourth-order valence-corrected chi connectivity index (χ4v) is 3.67. The smallest absolute Gasteiger partial charge is 0.00167 e. The van der Waals surface area contributed by atoms with Gasteiger partial charge in [0, 0.05) is 5.25 Å². The fourth-order valence-electron chi connectivity index (χ4n) is 3.23. The van der Waals surface area contributed by atoms with Gasteiger partial charge in [-0.1, -0.05) is 117 Å². The van der Waals surface area contributed by atoms with E-state index in [9.17, 15) is 0 Å². The lowest BCUT2D eigenvalue weighted by atomic mass is 10.0. The predicted octanol–water partition coefficient (Wildman–Crippen LogP) is 8.35. The van der Waals surface area contributed by atoms with Crippen LogP contribution in [0.2, 0.25) is 0 Å². The molecule has 0 saturated carbocycles. The maximum Gasteiger partial charge on any atom is 0.00167 e. The molecule has 0 aliphatic carbocycles. The molecule has 0 bridgehead atoms. The van der Waals surface area contributed by atoms with E-state index in [2.05, 4.69) is 26.5 Å². The molecule has 0 aliphatic rings. The van der Waals surface area contributed by atoms with Crippen molar-refractivity contribution in [1.82, 2.24) is 0 Å². The number of hydrogen-bond acceptors (Lipinski definition) is 1. The summed E-state index contributed by atoms with van der Waals surface area (Å²) in [7, 11) is 0. The van der Waals surface area contributed by atoms with E-state index in [0.717, 1.165) is 0 Å². The zero-order valence-corrected chi connectivity index (χ0v) is 16.6. The average Bonchev–Trinajstić information content (AvgIpc) is 2.51. The van der Waals surface area contributed by atoms with Crippen LogP contribution in [0.1, 0.15) is 129 Å². The van der Waals surface area contributed by atoms with E-state index < -0.39 is 0 Å². The molecule has 1 atom stereocenters. The summed E-state index contributed by atoms with van der Waals surface area (Å²) in [6.45, 7) is 4.55. The molecule has 0 spiro atoms. The molecule has 0 aliphatic heterocycles. The molecule has 0 aromatic carbocycles. The topological polar surface area (TPSA) is 0 Å². The zero-order valence-electron chi connectivity index (χ0n) is 15.8. The van der Waals surface area contributed by atoms with Crippen LogP contribution < -0.4 is 0 Å². The van der Waals surface area contributed by atoms with Crippen LogP contribution in [0.4, 0.5) is 0 Å². The van der Waals surface area contributed by atoms with Crippen molar-refractivity contribution in [2.75, 3.05) is 0 Å². The lowest BCUT2D eigenvalue weighted by Crippen LogP contribution is -1.97. The van der Waals surface area contributed by atoms with E-state index in [1.807, 2.05) is 0 Å². The Bertz CT molecular complexity index is 190. The third-order valence-corrected chi connectivity index (χ3v) is 5.28. The van der Waals surface area contributed by atoms with Crippen LogP contribution in [-0.4, -0.2) is 5.25 Å². The van der Waals surface area contributed by atoms with Crippen molar-refractivity contribution in [3.05, 3.63) is 0 Å². The first-order valence-corrected chi connectivity index (χ1v) is 11.0. The lowest BCUT2D eigenvalue weighted by Gasteiger charge is -2.08. The van der Waals surface area contributed by atoms with Crippen LogP contribution in [-0.2, 0) is 0 Å². The van der Waals surface area contributed by atoms with Gasteiger partial charge in [0.1, 0.15) is 0 Å². The predicted molar refractivity (Wildman–Crippen MR) is 107 cm³/mol. The van der Waals surface area contributed by atoms with Gasteiger partial charge in [0.25, 0.3) is 0 Å². The van der Waals surface area contributed by atoms with Crippen molar-refractivity contribution in [3.63, 3.8) is 0 Å². The van der Waals surface area contributed by atoms with Crippen molar-refractivity contribution in [1.29, 1.82) is 0 Å². The van der Waals surface area contributed by atoms with Crippen molar-refractivity contribution < 1.29 is 0 Å². The Morgan fingerprint density at radius 3 is 1.18 bits per heavy atom. The molecule has 0 nitrogen and oxygen atoms in total. The molecule has 0 heterocycles. The first-order chi connectivity index (χ1) is 10.8. The molecule has 0 amide bonds. The molecular weight excluding hydrogens is 284 g/mol. The lowest BCUT2D eigenvalue weighted by molar-refractivity contribution is 0.526. The van der Waals surface area contributed by atoms with Crippen LogP contribution in [0.5, 0.6) is 0 Å². The van der Waals surface area contributed by atoms with Gasteiger partial charge in [0.2, 0.25) is 0 Å². The summed E-state index contributed by atoms with van der Waals surface area (Å²) in [5.41, 5.74) is 0. The maximum absolute atomic E-state index is 4.63. The first-order valence-electron chi connectivity index (χ1n) is 10.5. The van der Waals surface area contributed by atoms with Crippen molar-refractivity contribution in [3.8, 4) is 0 Å². The molecule has 0 rings (SSSR count). The molecule has 0 aromatic heterocycles. The number of thiol groups is 1. The normalized spacial score (nSPS) is 12.7. The maximum atomic E-state index is 4.63. The Morgan fingerprint density at radius 2 is 0.818 bits per heavy atom. The highest BCUT2D eigenvalue weighted by Gasteiger charge is 2.00. The summed E-state index contributed by atoms with van der Waals surface area (Å²) >= 11 is 4.63. The van der Waals surface area contributed by atoms with E-state index >= 15 is 0 Å². The summed E-state index contributed by atoms with van der Waals surface area (Å²) < 4.78 is 0. The Morgan fingerprint density at radius 1 is 0.455 bits per heavy atom. The Hall–Kier alpha value is 0.350. The molecule has 0 aromatic rings. The van der Waals surface area contributed by atoms with Crippen molar-refractivity contribution >= 4 is 12.6 Å². The minimum atomic E-state index is 0.659. The minimum Gasteiger partial charge on any atom is -0.176 e. The molecule has 0 radical (unpaired) electrons. The van der Waals surface area contributed by atoms with Crippen LogP contribution in [0, 0.1) is 0 Å². The molecule has 134 valence electrons. The molecule has 0 fully saturated rings. The van der Waals surface area contributed by atoms with Crippen molar-refractivity contribution in [2.24, 2.45) is 0 Å². The van der Waals surface area contributed by atoms with Gasteiger partial charge < -0.3 is 0 Å². The fraction of sp³-hybridized carbons (Fsp3) is 1.00. The summed E-state index contributed by atoms with van der Waals surface area (Å²) in [6.07, 6.45) is 25.7. The molecular formula is C21H44S. The monoisotopic (exact) mass is 328 g/mol. The Labute approximate surface area is 147 Å². The second-order valence-corrected chi connectivity index (χ2v) is 7.91. The van der Waals surface area contributed by atoms with Gasteiger partial charge in [0.05, 0.1) is 0 Å². The highest BCUT2D eigenvalue weighted by molar-refractivity contribution is 7.80. The average molecular weight is 329 g/mol. The van der Waals surface area contributed by atoms with E-state index in [-0.39, 0.29) is 0 Å². The van der Waals surface area contributed by atoms with E-state index in [1.54, 1.807) is 0 Å². The van der Waals surface area contributed by atoms with Gasteiger partial charge in [0.15, 0.2) is 0 Å². The van der Waals surface area contributed by atoms with Crippen LogP contribution in [0.3, 0.4) is 0 Å². The van der Waals surface area contributed by atoms with E-state index in [0.29, 0.717) is 5.25 Å². The van der Waals surface area contributed by atoms with Gasteiger partial charge in [-0.3, -0.25) is 0 Å². The van der Waals surface area contributed by atoms with Gasteiger partial charge in [-0.05, 0) is 12.8 Å². The van der Waals surface area contributed by atoms with E-state index in [1.165, 1.54) is 116 Å². The third-order valence-electron chi connectivity index (χ3n) is 4.76. The Balaban J connectivity index is 3.00. The Kier molecular flexibility index (Phi) is 19.7. The molecule has 1 unspecified atom stereocenters. The second-order valence-electron chi connectivity index (χ2n) is 7.18. The van der Waals surface area contributed by atoms with Crippen LogP contribution in [0.15, 0.2) is 0 Å². The molecule has 0 N–H and O–H groups in total. The standard InChI is InChI=1S/C21H44S/c1-3-5-6-7-8-9-10-11-12-13-14-15-16-17-18-20-21(22)19-4-2/h21-22H,3-20H2,1-2H3. The number of rotatable bonds is 18. The highest BCUT2D eigenvalue weighted by Crippen LogP contribution is 2.16. The van der Waals surface area contributed by atoms with Gasteiger partial charge in [-0.25, -0.2) is 0 Å². The zero-order chi connectivity index (χ0) is 16.3. The van der Waals surface area contributed by atoms with Gasteiger partial charge in [-0.2, -0.15) is 12.6 Å². The first kappa shape index (κ1) is 22.4. The quantitative estimate of drug-likeness (QED) is 0.190. The number of hydrogen-bond donors (Lipinski definition) is 1. The molecule has 0 saturated heterocycles. The molecule has 1 heteroatoms. The molecule has 22 heavy (non-hydrogen) atoms. The summed E-state index contributed by atoms with van der Waals surface area (Å²) in [6, 6.07) is 0. The third kappa shape index (κ3) is 18.4. The largest absolute Gasteiger partial charge is 0.176 e. The van der Waals surface area contributed by atoms with Crippen LogP contribution in [0.25, 0.3) is 0 Å². The SMILES string of the molecule is CCCCCCCCCCCCCCCCCC(S)CCC. The summed E-state index contributed by atoms with van der Waals surface area (Å²) in [5, 5.41) is 0.659. The van der Waals surface area contributed by atoms with Gasteiger partial charge in [-0.15, -0.1) is 0 Å². The van der Waals surface area contributed by atoms with E-state index in [4.69, 9.17) is 0 Å². The minimum absolute atomic E-state index is 0.659. The van der Waals surface area contributed by atoms with Crippen LogP contribution >= 0.6 is 12.6 Å². The van der Waals surface area contributed by atoms with Crippen molar-refractivity contribution in [2.45, 2.75) is 135 Å². The summed E-state index contributed by atoms with van der Waals surface area (Å²) in [4.78, 5) is 0.